The van der Waals surface area contributed by atoms with Gasteiger partial charge >= 0.3 is 0 Å². The molecule has 0 saturated heterocycles. The van der Waals surface area contributed by atoms with E-state index in [0.717, 1.165) is 94.8 Å². The minimum Gasteiger partial charge on any atom is -0.456 e. The first-order valence-corrected chi connectivity index (χ1v) is 18.2. The zero-order valence-corrected chi connectivity index (χ0v) is 29.3. The summed E-state index contributed by atoms with van der Waals surface area (Å²) in [6.07, 6.45) is 0. The van der Waals surface area contributed by atoms with Crippen molar-refractivity contribution in [2.75, 3.05) is 4.90 Å². The van der Waals surface area contributed by atoms with Gasteiger partial charge in [-0.25, -0.2) is 9.97 Å². The maximum Gasteiger partial charge on any atom is 0.136 e. The molecule has 54 heavy (non-hydrogen) atoms. The fraction of sp³-hybridized carbons (Fsp3) is 0. The average molecular weight is 692 g/mol. The summed E-state index contributed by atoms with van der Waals surface area (Å²) in [4.78, 5) is 13.0. The lowest BCUT2D eigenvalue weighted by atomic mass is 9.93. The Morgan fingerprint density at radius 1 is 0.352 bits per heavy atom. The molecule has 0 bridgehead atoms. The third-order valence-corrected chi connectivity index (χ3v) is 10.0. The highest BCUT2D eigenvalue weighted by Crippen LogP contribution is 2.43. The molecule has 2 heterocycles. The molecule has 2 aromatic heterocycles. The van der Waals surface area contributed by atoms with Crippen LogP contribution < -0.4 is 4.90 Å². The summed E-state index contributed by atoms with van der Waals surface area (Å²) in [6.45, 7) is 0. The van der Waals surface area contributed by atoms with Gasteiger partial charge < -0.3 is 9.32 Å². The quantitative estimate of drug-likeness (QED) is 0.167. The molecular formula is C50H33N3O. The largest absolute Gasteiger partial charge is 0.456 e. The number of furan rings is 1. The topological polar surface area (TPSA) is 42.2 Å². The Kier molecular flexibility index (Phi) is 7.77. The van der Waals surface area contributed by atoms with Crippen LogP contribution in [-0.4, -0.2) is 9.97 Å². The Bertz CT molecular complexity index is 2880. The van der Waals surface area contributed by atoms with Crippen LogP contribution in [0.1, 0.15) is 0 Å². The monoisotopic (exact) mass is 691 g/mol. The van der Waals surface area contributed by atoms with Crippen LogP contribution >= 0.6 is 0 Å². The van der Waals surface area contributed by atoms with E-state index >= 15 is 0 Å². The van der Waals surface area contributed by atoms with Crippen LogP contribution in [0.5, 0.6) is 0 Å². The number of aromatic nitrogens is 2. The van der Waals surface area contributed by atoms with Crippen molar-refractivity contribution >= 4 is 50.0 Å². The van der Waals surface area contributed by atoms with Gasteiger partial charge in [-0.05, 0) is 95.1 Å². The summed E-state index contributed by atoms with van der Waals surface area (Å²) in [7, 11) is 0. The van der Waals surface area contributed by atoms with Crippen LogP contribution in [0.25, 0.3) is 77.7 Å². The van der Waals surface area contributed by atoms with Crippen LogP contribution in [0.3, 0.4) is 0 Å². The predicted molar refractivity (Wildman–Crippen MR) is 223 cm³/mol. The molecule has 4 heteroatoms. The van der Waals surface area contributed by atoms with E-state index in [0.29, 0.717) is 0 Å². The second-order valence-electron chi connectivity index (χ2n) is 13.4. The first kappa shape index (κ1) is 31.4. The number of hydrogen-bond acceptors (Lipinski definition) is 4. The van der Waals surface area contributed by atoms with E-state index < -0.39 is 0 Å². The molecule has 0 N–H and O–H groups in total. The number of benzene rings is 8. The molecule has 10 aromatic rings. The number of para-hydroxylation sites is 5. The van der Waals surface area contributed by atoms with E-state index in [2.05, 4.69) is 150 Å². The minimum atomic E-state index is 0.807. The number of hydrogen-bond donors (Lipinski definition) is 0. The highest BCUT2D eigenvalue weighted by atomic mass is 16.3. The molecule has 0 spiro atoms. The van der Waals surface area contributed by atoms with Gasteiger partial charge in [0.15, 0.2) is 0 Å². The van der Waals surface area contributed by atoms with Crippen LogP contribution in [-0.2, 0) is 0 Å². The normalized spacial score (nSPS) is 11.3. The highest BCUT2D eigenvalue weighted by molar-refractivity contribution is 6.14. The van der Waals surface area contributed by atoms with E-state index in [1.54, 1.807) is 0 Å². The zero-order chi connectivity index (χ0) is 35.8. The van der Waals surface area contributed by atoms with Gasteiger partial charge in [0.1, 0.15) is 11.2 Å². The first-order chi connectivity index (χ1) is 26.8. The van der Waals surface area contributed by atoms with Crippen LogP contribution in [0.2, 0.25) is 0 Å². The van der Waals surface area contributed by atoms with Gasteiger partial charge in [0, 0.05) is 39.0 Å². The van der Waals surface area contributed by atoms with Crippen LogP contribution in [0.4, 0.5) is 17.1 Å². The predicted octanol–water partition coefficient (Wildman–Crippen LogP) is 13.7. The summed E-state index contributed by atoms with van der Waals surface area (Å²) in [6, 6.07) is 69.6. The fourth-order valence-electron chi connectivity index (χ4n) is 7.48. The standard InChI is InChI=1S/C50H33N3O/c1-4-15-34(16-5-1)36-17-14-18-37(31-36)49-50(52-45-25-12-11-24-44(45)51-49)43-32-38(33-47-48(43)42-23-10-13-26-46(42)54-47)35-27-29-41(30-28-35)53(39-19-6-2-7-20-39)40-21-8-3-9-22-40/h1-33H. The first-order valence-electron chi connectivity index (χ1n) is 18.2. The van der Waals surface area contributed by atoms with E-state index in [9.17, 15) is 0 Å². The average Bonchev–Trinajstić information content (AvgIpc) is 3.63. The van der Waals surface area contributed by atoms with Gasteiger partial charge in [0.25, 0.3) is 0 Å². The second kappa shape index (κ2) is 13.4. The van der Waals surface area contributed by atoms with E-state index in [1.165, 1.54) is 0 Å². The number of fused-ring (bicyclic) bond motifs is 4. The summed E-state index contributed by atoms with van der Waals surface area (Å²) < 4.78 is 6.61. The number of nitrogens with zero attached hydrogens (tertiary/aromatic N) is 3. The smallest absolute Gasteiger partial charge is 0.136 e. The SMILES string of the molecule is c1ccc(-c2cccc(-c3nc4ccccc4nc3-c3cc(-c4ccc(N(c5ccccc5)c5ccccc5)cc4)cc4oc5ccccc5c34)c2)cc1. The Hall–Kier alpha value is -7.30. The van der Waals surface area contributed by atoms with Gasteiger partial charge in [-0.15, -0.1) is 0 Å². The van der Waals surface area contributed by atoms with Crippen molar-refractivity contribution in [1.82, 2.24) is 9.97 Å². The van der Waals surface area contributed by atoms with Crippen molar-refractivity contribution in [1.29, 1.82) is 0 Å². The second-order valence-corrected chi connectivity index (χ2v) is 13.4. The molecule has 8 aromatic carbocycles. The summed E-state index contributed by atoms with van der Waals surface area (Å²) >= 11 is 0. The maximum atomic E-state index is 6.61. The maximum absolute atomic E-state index is 6.61. The lowest BCUT2D eigenvalue weighted by Crippen LogP contribution is -2.09. The van der Waals surface area contributed by atoms with Crippen molar-refractivity contribution in [3.8, 4) is 44.8 Å². The molecule has 0 amide bonds. The number of anilines is 3. The van der Waals surface area contributed by atoms with Gasteiger partial charge in [0.2, 0.25) is 0 Å². The minimum absolute atomic E-state index is 0.807. The van der Waals surface area contributed by atoms with Gasteiger partial charge in [-0.3, -0.25) is 0 Å². The Morgan fingerprint density at radius 2 is 0.889 bits per heavy atom. The molecule has 4 nitrogen and oxygen atoms in total. The molecule has 0 radical (unpaired) electrons. The molecule has 0 aliphatic heterocycles. The molecule has 0 fully saturated rings. The molecule has 254 valence electrons. The molecule has 10 rings (SSSR count). The van der Waals surface area contributed by atoms with Crippen molar-refractivity contribution in [2.24, 2.45) is 0 Å². The molecule has 0 atom stereocenters. The third kappa shape index (κ3) is 5.67. The van der Waals surface area contributed by atoms with Gasteiger partial charge in [-0.2, -0.15) is 0 Å². The highest BCUT2D eigenvalue weighted by Gasteiger charge is 2.21. The molecular weight excluding hydrogens is 659 g/mol. The Labute approximate surface area is 313 Å². The van der Waals surface area contributed by atoms with Crippen LogP contribution in [0, 0.1) is 0 Å². The third-order valence-electron chi connectivity index (χ3n) is 10.0. The van der Waals surface area contributed by atoms with Gasteiger partial charge in [-0.1, -0.05) is 127 Å². The zero-order valence-electron chi connectivity index (χ0n) is 29.3. The summed E-state index contributed by atoms with van der Waals surface area (Å²) in [5.74, 6) is 0. The van der Waals surface area contributed by atoms with Crippen molar-refractivity contribution < 1.29 is 4.42 Å². The molecule has 0 aliphatic rings. The summed E-state index contributed by atoms with van der Waals surface area (Å²) in [5.41, 5.74) is 14.6. The summed E-state index contributed by atoms with van der Waals surface area (Å²) in [5, 5.41) is 2.07. The molecule has 0 aliphatic carbocycles. The number of rotatable bonds is 7. The van der Waals surface area contributed by atoms with Crippen LogP contribution in [0.15, 0.2) is 205 Å². The molecule has 0 unspecified atom stereocenters. The van der Waals surface area contributed by atoms with E-state index in [4.69, 9.17) is 14.4 Å². The lowest BCUT2D eigenvalue weighted by molar-refractivity contribution is 0.669. The Balaban J connectivity index is 1.17. The Morgan fingerprint density at radius 3 is 1.59 bits per heavy atom. The van der Waals surface area contributed by atoms with Crippen molar-refractivity contribution in [3.05, 3.63) is 200 Å². The van der Waals surface area contributed by atoms with Gasteiger partial charge in [0.05, 0.1) is 22.4 Å². The van der Waals surface area contributed by atoms with Crippen molar-refractivity contribution in [3.63, 3.8) is 0 Å². The van der Waals surface area contributed by atoms with E-state index in [1.807, 2.05) is 54.6 Å². The molecule has 0 saturated carbocycles. The fourth-order valence-corrected chi connectivity index (χ4v) is 7.48. The van der Waals surface area contributed by atoms with Crippen molar-refractivity contribution in [2.45, 2.75) is 0 Å². The lowest BCUT2D eigenvalue weighted by Gasteiger charge is -2.25. The van der Waals surface area contributed by atoms with E-state index in [-0.39, 0.29) is 0 Å².